The Balaban J connectivity index is 1.64. The van der Waals surface area contributed by atoms with Crippen LogP contribution in [0.3, 0.4) is 0 Å². The molecule has 0 aliphatic rings. The van der Waals surface area contributed by atoms with Gasteiger partial charge in [-0.1, -0.05) is 0 Å². The molecule has 0 bridgehead atoms. The zero-order chi connectivity index (χ0) is 13.8. The van der Waals surface area contributed by atoms with E-state index in [-0.39, 0.29) is 0 Å². The Labute approximate surface area is 117 Å². The summed E-state index contributed by atoms with van der Waals surface area (Å²) in [4.78, 5) is 4.29. The van der Waals surface area contributed by atoms with Crippen LogP contribution in [0.5, 0.6) is 0 Å². The summed E-state index contributed by atoms with van der Waals surface area (Å²) >= 11 is 0. The third kappa shape index (κ3) is 2.56. The van der Waals surface area contributed by atoms with Crippen molar-refractivity contribution >= 4 is 22.3 Å². The molecule has 0 atom stereocenters. The van der Waals surface area contributed by atoms with E-state index in [1.807, 2.05) is 41.2 Å². The smallest absolute Gasteiger partial charge is 0.0724 e. The maximum Gasteiger partial charge on any atom is 0.0724 e. The van der Waals surface area contributed by atoms with Crippen molar-refractivity contribution in [1.82, 2.24) is 14.8 Å². The van der Waals surface area contributed by atoms with Crippen molar-refractivity contribution < 1.29 is 0 Å². The van der Waals surface area contributed by atoms with Gasteiger partial charge in [-0.15, -0.1) is 0 Å². The minimum atomic E-state index is 0.759. The molecular formula is C15H17N5. The topological polar surface area (TPSA) is 68.8 Å². The molecule has 1 aromatic carbocycles. The summed E-state index contributed by atoms with van der Waals surface area (Å²) in [6.07, 6.45) is 6.53. The number of pyridine rings is 1. The first-order valence-corrected chi connectivity index (χ1v) is 6.69. The van der Waals surface area contributed by atoms with Crippen LogP contribution in [0.1, 0.15) is 6.42 Å². The molecule has 20 heavy (non-hydrogen) atoms. The Hall–Kier alpha value is -2.56. The highest BCUT2D eigenvalue weighted by Gasteiger charge is 2.04. The summed E-state index contributed by atoms with van der Waals surface area (Å²) in [5.74, 6) is 0. The first-order chi connectivity index (χ1) is 9.84. The normalized spacial score (nSPS) is 10.8. The third-order valence-electron chi connectivity index (χ3n) is 3.27. The van der Waals surface area contributed by atoms with Crippen LogP contribution in [-0.4, -0.2) is 21.3 Å². The molecule has 3 aromatic rings. The van der Waals surface area contributed by atoms with Gasteiger partial charge in [0.1, 0.15) is 0 Å². The van der Waals surface area contributed by atoms with Crippen LogP contribution in [0.15, 0.2) is 48.9 Å². The van der Waals surface area contributed by atoms with E-state index in [9.17, 15) is 0 Å². The van der Waals surface area contributed by atoms with E-state index in [0.29, 0.717) is 0 Å². The molecule has 2 heterocycles. The minimum Gasteiger partial charge on any atom is -0.397 e. The van der Waals surface area contributed by atoms with Crippen LogP contribution in [-0.2, 0) is 6.54 Å². The molecule has 0 unspecified atom stereocenters. The molecule has 0 saturated heterocycles. The van der Waals surface area contributed by atoms with Crippen LogP contribution >= 0.6 is 0 Å². The summed E-state index contributed by atoms with van der Waals surface area (Å²) in [6, 6.07) is 9.80. The maximum atomic E-state index is 6.18. The number of rotatable bonds is 5. The van der Waals surface area contributed by atoms with Gasteiger partial charge in [0.15, 0.2) is 0 Å². The molecule has 0 aliphatic heterocycles. The Morgan fingerprint density at radius 2 is 2.10 bits per heavy atom. The second-order valence-electron chi connectivity index (χ2n) is 4.65. The van der Waals surface area contributed by atoms with E-state index in [4.69, 9.17) is 5.73 Å². The van der Waals surface area contributed by atoms with Gasteiger partial charge in [-0.05, 0) is 36.8 Å². The molecular weight excluding hydrogens is 250 g/mol. The lowest BCUT2D eigenvalue weighted by atomic mass is 10.1. The molecule has 5 nitrogen and oxygen atoms in total. The SMILES string of the molecule is Nc1c(NCCCn2cccn2)ccc2ncccc12. The molecule has 102 valence electrons. The lowest BCUT2D eigenvalue weighted by Gasteiger charge is -2.11. The summed E-state index contributed by atoms with van der Waals surface area (Å²) in [7, 11) is 0. The van der Waals surface area contributed by atoms with Gasteiger partial charge < -0.3 is 11.1 Å². The predicted molar refractivity (Wildman–Crippen MR) is 81.5 cm³/mol. The Morgan fingerprint density at radius 3 is 2.95 bits per heavy atom. The zero-order valence-electron chi connectivity index (χ0n) is 11.2. The number of hydrogen-bond acceptors (Lipinski definition) is 4. The number of nitrogen functional groups attached to an aromatic ring is 1. The van der Waals surface area contributed by atoms with Crippen molar-refractivity contribution in [3.63, 3.8) is 0 Å². The first kappa shape index (κ1) is 12.5. The van der Waals surface area contributed by atoms with Gasteiger partial charge in [0, 0.05) is 37.1 Å². The fourth-order valence-corrected chi connectivity index (χ4v) is 2.23. The van der Waals surface area contributed by atoms with Gasteiger partial charge in [0.2, 0.25) is 0 Å². The highest BCUT2D eigenvalue weighted by Crippen LogP contribution is 2.27. The van der Waals surface area contributed by atoms with Gasteiger partial charge in [-0.2, -0.15) is 5.10 Å². The average Bonchev–Trinajstić information content (AvgIpc) is 2.99. The summed E-state index contributed by atoms with van der Waals surface area (Å²) < 4.78 is 1.93. The Morgan fingerprint density at radius 1 is 1.15 bits per heavy atom. The van der Waals surface area contributed by atoms with Crippen LogP contribution in [0.25, 0.3) is 10.9 Å². The van der Waals surface area contributed by atoms with Gasteiger partial charge >= 0.3 is 0 Å². The molecule has 5 heteroatoms. The highest BCUT2D eigenvalue weighted by atomic mass is 15.3. The van der Waals surface area contributed by atoms with Crippen molar-refractivity contribution in [3.8, 4) is 0 Å². The Kier molecular flexibility index (Phi) is 3.50. The molecule has 0 fully saturated rings. The van der Waals surface area contributed by atoms with E-state index in [2.05, 4.69) is 15.4 Å². The number of aryl methyl sites for hydroxylation is 1. The van der Waals surface area contributed by atoms with E-state index < -0.39 is 0 Å². The number of nitrogens with zero attached hydrogens (tertiary/aromatic N) is 3. The average molecular weight is 267 g/mol. The number of nitrogens with one attached hydrogen (secondary N) is 1. The number of hydrogen-bond donors (Lipinski definition) is 2. The predicted octanol–water partition coefficient (Wildman–Crippen LogP) is 2.52. The zero-order valence-corrected chi connectivity index (χ0v) is 11.2. The van der Waals surface area contributed by atoms with Crippen molar-refractivity contribution in [1.29, 1.82) is 0 Å². The quantitative estimate of drug-likeness (QED) is 0.550. The van der Waals surface area contributed by atoms with Crippen molar-refractivity contribution in [2.75, 3.05) is 17.6 Å². The van der Waals surface area contributed by atoms with Crippen molar-refractivity contribution in [3.05, 3.63) is 48.9 Å². The summed E-state index contributed by atoms with van der Waals surface area (Å²) in [5.41, 5.74) is 8.82. The second kappa shape index (κ2) is 5.61. The second-order valence-corrected chi connectivity index (χ2v) is 4.65. The molecule has 0 spiro atoms. The molecule has 0 amide bonds. The Bertz CT molecular complexity index is 691. The van der Waals surface area contributed by atoms with E-state index in [1.54, 1.807) is 12.4 Å². The molecule has 3 rings (SSSR count). The largest absolute Gasteiger partial charge is 0.397 e. The molecule has 2 aromatic heterocycles. The number of benzene rings is 1. The van der Waals surface area contributed by atoms with Crippen LogP contribution in [0.2, 0.25) is 0 Å². The van der Waals surface area contributed by atoms with E-state index in [0.717, 1.165) is 41.8 Å². The van der Waals surface area contributed by atoms with Crippen LogP contribution in [0, 0.1) is 0 Å². The van der Waals surface area contributed by atoms with E-state index in [1.165, 1.54) is 0 Å². The standard InChI is InChI=1S/C15H17N5/c16-15-12-4-1-7-17-13(12)5-6-14(15)18-8-2-10-20-11-3-9-19-20/h1,3-7,9,11,18H,2,8,10,16H2. The number of aromatic nitrogens is 3. The van der Waals surface area contributed by atoms with Gasteiger partial charge in [-0.25, -0.2) is 0 Å². The maximum absolute atomic E-state index is 6.18. The number of nitrogens with two attached hydrogens (primary N) is 1. The van der Waals surface area contributed by atoms with Crippen LogP contribution < -0.4 is 11.1 Å². The monoisotopic (exact) mass is 267 g/mol. The summed E-state index contributed by atoms with van der Waals surface area (Å²) in [6.45, 7) is 1.75. The van der Waals surface area contributed by atoms with Gasteiger partial charge in [-0.3, -0.25) is 9.67 Å². The summed E-state index contributed by atoms with van der Waals surface area (Å²) in [5, 5.41) is 8.54. The molecule has 0 saturated carbocycles. The number of fused-ring (bicyclic) bond motifs is 1. The molecule has 3 N–H and O–H groups in total. The minimum absolute atomic E-state index is 0.759. The lowest BCUT2D eigenvalue weighted by molar-refractivity contribution is 0.592. The number of anilines is 2. The fraction of sp³-hybridized carbons (Fsp3) is 0.200. The lowest BCUT2D eigenvalue weighted by Crippen LogP contribution is -2.08. The van der Waals surface area contributed by atoms with Crippen LogP contribution in [0.4, 0.5) is 11.4 Å². The van der Waals surface area contributed by atoms with Crippen molar-refractivity contribution in [2.24, 2.45) is 0 Å². The van der Waals surface area contributed by atoms with Gasteiger partial charge in [0.05, 0.1) is 16.9 Å². The van der Waals surface area contributed by atoms with E-state index >= 15 is 0 Å². The van der Waals surface area contributed by atoms with Gasteiger partial charge in [0.25, 0.3) is 0 Å². The first-order valence-electron chi connectivity index (χ1n) is 6.69. The molecule has 0 radical (unpaired) electrons. The molecule has 0 aliphatic carbocycles. The van der Waals surface area contributed by atoms with Crippen molar-refractivity contribution in [2.45, 2.75) is 13.0 Å². The highest BCUT2D eigenvalue weighted by molar-refractivity contribution is 5.96. The fourth-order valence-electron chi connectivity index (χ4n) is 2.23. The third-order valence-corrected chi connectivity index (χ3v) is 3.27.